The summed E-state index contributed by atoms with van der Waals surface area (Å²) in [7, 11) is 4.97. The summed E-state index contributed by atoms with van der Waals surface area (Å²) in [6.07, 6.45) is 3.57. The van der Waals surface area contributed by atoms with Crippen molar-refractivity contribution in [3.8, 4) is 11.5 Å². The number of likely N-dealkylation sites (N-methyl/N-ethyl adjacent to an activating group) is 1. The van der Waals surface area contributed by atoms with Gasteiger partial charge in [0.05, 0.1) is 53.7 Å². The number of imidazole rings is 1. The molecular formula is C37H41Cl2N5O4. The van der Waals surface area contributed by atoms with Crippen molar-refractivity contribution in [3.63, 3.8) is 0 Å². The molecule has 252 valence electrons. The summed E-state index contributed by atoms with van der Waals surface area (Å²) in [6.45, 7) is 5.64. The van der Waals surface area contributed by atoms with Crippen LogP contribution in [0.2, 0.25) is 10.0 Å². The van der Waals surface area contributed by atoms with Crippen molar-refractivity contribution in [1.82, 2.24) is 19.4 Å². The molecular weight excluding hydrogens is 649 g/mol. The quantitative estimate of drug-likeness (QED) is 0.135. The number of carbonyl (C=O) groups is 1. The van der Waals surface area contributed by atoms with Crippen molar-refractivity contribution in [1.29, 1.82) is 0 Å². The zero-order chi connectivity index (χ0) is 33.6. The van der Waals surface area contributed by atoms with Crippen LogP contribution in [0.3, 0.4) is 0 Å². The number of benzene rings is 3. The summed E-state index contributed by atoms with van der Waals surface area (Å²) in [4.78, 5) is 25.4. The maximum absolute atomic E-state index is 13.7. The van der Waals surface area contributed by atoms with Gasteiger partial charge >= 0.3 is 0 Å². The van der Waals surface area contributed by atoms with Gasteiger partial charge in [-0.05, 0) is 80.0 Å². The van der Waals surface area contributed by atoms with Crippen LogP contribution < -0.4 is 14.4 Å². The number of furan rings is 1. The lowest BCUT2D eigenvalue weighted by molar-refractivity contribution is 0.0779. The van der Waals surface area contributed by atoms with Gasteiger partial charge in [-0.25, -0.2) is 4.98 Å². The molecule has 5 aromatic rings. The Morgan fingerprint density at radius 3 is 2.58 bits per heavy atom. The highest BCUT2D eigenvalue weighted by Gasteiger charge is 2.25. The summed E-state index contributed by atoms with van der Waals surface area (Å²) >= 11 is 12.8. The van der Waals surface area contributed by atoms with Crippen LogP contribution in [0, 0.1) is 0 Å². The van der Waals surface area contributed by atoms with Crippen molar-refractivity contribution >= 4 is 46.1 Å². The summed E-state index contributed by atoms with van der Waals surface area (Å²) < 4.78 is 18.8. The van der Waals surface area contributed by atoms with Gasteiger partial charge in [0.15, 0.2) is 0 Å². The van der Waals surface area contributed by atoms with Crippen LogP contribution in [-0.4, -0.2) is 85.8 Å². The first-order valence-electron chi connectivity index (χ1n) is 16.2. The smallest absolute Gasteiger partial charge is 0.257 e. The maximum Gasteiger partial charge on any atom is 0.257 e. The van der Waals surface area contributed by atoms with Gasteiger partial charge in [0, 0.05) is 45.2 Å². The fraction of sp³-hybridized carbons (Fsp3) is 0.351. The van der Waals surface area contributed by atoms with Crippen LogP contribution in [0.4, 0.5) is 5.95 Å². The number of nitrogens with zero attached hydrogens (tertiary/aromatic N) is 5. The third-order valence-corrected chi connectivity index (χ3v) is 9.83. The average molecular weight is 691 g/mol. The van der Waals surface area contributed by atoms with Gasteiger partial charge in [-0.3, -0.25) is 4.79 Å². The lowest BCUT2D eigenvalue weighted by Gasteiger charge is -2.28. The Morgan fingerprint density at radius 2 is 1.81 bits per heavy atom. The molecule has 9 nitrogen and oxygen atoms in total. The van der Waals surface area contributed by atoms with E-state index in [-0.39, 0.29) is 11.8 Å². The molecule has 3 aromatic carbocycles. The summed E-state index contributed by atoms with van der Waals surface area (Å²) in [6, 6.07) is 23.2. The van der Waals surface area contributed by atoms with Gasteiger partial charge in [-0.15, -0.1) is 0 Å². The van der Waals surface area contributed by atoms with Crippen molar-refractivity contribution < 1.29 is 18.7 Å². The minimum absolute atomic E-state index is 0.0369. The first-order chi connectivity index (χ1) is 23.3. The van der Waals surface area contributed by atoms with Gasteiger partial charge in [-0.1, -0.05) is 41.4 Å². The Kier molecular flexibility index (Phi) is 10.8. The first kappa shape index (κ1) is 33.7. The molecule has 1 aliphatic heterocycles. The Hall–Kier alpha value is -4.18. The minimum atomic E-state index is -0.123. The average Bonchev–Trinajstić information content (AvgIpc) is 3.69. The summed E-state index contributed by atoms with van der Waals surface area (Å²) in [5.41, 5.74) is 3.61. The van der Waals surface area contributed by atoms with Crippen LogP contribution in [0.15, 0.2) is 83.5 Å². The molecule has 11 heteroatoms. The molecule has 1 unspecified atom stereocenters. The normalized spacial score (nSPS) is 14.6. The van der Waals surface area contributed by atoms with E-state index in [2.05, 4.69) is 32.6 Å². The highest BCUT2D eigenvalue weighted by Crippen LogP contribution is 2.31. The summed E-state index contributed by atoms with van der Waals surface area (Å²) in [5.74, 6) is 2.89. The van der Waals surface area contributed by atoms with E-state index in [0.717, 1.165) is 73.9 Å². The second kappa shape index (κ2) is 15.4. The number of methoxy groups -OCH3 is 2. The fourth-order valence-corrected chi connectivity index (χ4v) is 6.78. The van der Waals surface area contributed by atoms with Crippen LogP contribution in [0.25, 0.3) is 11.0 Å². The third kappa shape index (κ3) is 7.59. The largest absolute Gasteiger partial charge is 0.497 e. The molecule has 1 fully saturated rings. The Balaban J connectivity index is 1.16. The van der Waals surface area contributed by atoms with Crippen LogP contribution in [0.1, 0.15) is 40.4 Å². The summed E-state index contributed by atoms with van der Waals surface area (Å²) in [5, 5.41) is 1.02. The van der Waals surface area contributed by atoms with Gasteiger partial charge in [0.1, 0.15) is 17.3 Å². The van der Waals surface area contributed by atoms with Crippen molar-refractivity contribution in [2.75, 3.05) is 65.4 Å². The number of para-hydroxylation sites is 2. The van der Waals surface area contributed by atoms with E-state index in [9.17, 15) is 4.79 Å². The van der Waals surface area contributed by atoms with E-state index in [1.165, 1.54) is 0 Å². The molecule has 0 bridgehead atoms. The molecule has 48 heavy (non-hydrogen) atoms. The Labute approximate surface area is 291 Å². The lowest BCUT2D eigenvalue weighted by atomic mass is 9.94. The molecule has 3 heterocycles. The third-order valence-electron chi connectivity index (χ3n) is 9.09. The van der Waals surface area contributed by atoms with E-state index >= 15 is 0 Å². The van der Waals surface area contributed by atoms with E-state index in [0.29, 0.717) is 40.2 Å². The molecule has 0 spiro atoms. The molecule has 0 saturated carbocycles. The molecule has 1 amide bonds. The number of halogens is 2. The van der Waals surface area contributed by atoms with Crippen molar-refractivity contribution in [2.24, 2.45) is 0 Å². The number of hydrogen-bond donors (Lipinski definition) is 0. The van der Waals surface area contributed by atoms with Gasteiger partial charge in [0.25, 0.3) is 5.91 Å². The number of fused-ring (bicyclic) bond motifs is 1. The molecule has 0 aliphatic carbocycles. The first-order valence-corrected chi connectivity index (χ1v) is 17.0. The zero-order valence-corrected chi connectivity index (χ0v) is 29.1. The predicted molar refractivity (Wildman–Crippen MR) is 191 cm³/mol. The van der Waals surface area contributed by atoms with Crippen LogP contribution in [0.5, 0.6) is 11.5 Å². The Bertz CT molecular complexity index is 1840. The fourth-order valence-electron chi connectivity index (χ4n) is 6.48. The van der Waals surface area contributed by atoms with Gasteiger partial charge in [-0.2, -0.15) is 0 Å². The lowest BCUT2D eigenvalue weighted by Crippen LogP contribution is -2.35. The number of aromatic nitrogens is 2. The van der Waals surface area contributed by atoms with Gasteiger partial charge < -0.3 is 33.2 Å². The van der Waals surface area contributed by atoms with Crippen molar-refractivity contribution in [3.05, 3.63) is 106 Å². The second-order valence-electron chi connectivity index (χ2n) is 12.2. The highest BCUT2D eigenvalue weighted by atomic mass is 35.5. The number of hydrogen-bond acceptors (Lipinski definition) is 7. The topological polar surface area (TPSA) is 76.2 Å². The second-order valence-corrected chi connectivity index (χ2v) is 13.0. The highest BCUT2D eigenvalue weighted by molar-refractivity contribution is 6.42. The number of ether oxygens (including phenoxy) is 2. The molecule has 6 rings (SSSR count). The van der Waals surface area contributed by atoms with E-state index in [1.807, 2.05) is 43.4 Å². The number of amides is 1. The molecule has 1 saturated heterocycles. The molecule has 0 radical (unpaired) electrons. The molecule has 1 atom stereocenters. The predicted octanol–water partition coefficient (Wildman–Crippen LogP) is 7.46. The molecule has 2 aromatic heterocycles. The molecule has 0 N–H and O–H groups in total. The van der Waals surface area contributed by atoms with Crippen LogP contribution in [-0.2, 0) is 6.54 Å². The standard InChI is InChI=1S/C37H41Cl2N5O4/c1-41(36(45)30-13-12-28(46-2)23-35(30)47-3)24-27(26-11-14-31(38)32(39)22-26)15-18-42-16-7-17-43(20-19-42)37-40-33-9-4-5-10-34(33)44(37)25-29-8-6-21-48-29/h4-6,8-14,21-23,27H,7,15-20,24-25H2,1-3H3. The molecule has 1 aliphatic rings. The van der Waals surface area contributed by atoms with E-state index in [1.54, 1.807) is 43.6 Å². The van der Waals surface area contributed by atoms with Gasteiger partial charge in [0.2, 0.25) is 5.95 Å². The van der Waals surface area contributed by atoms with E-state index in [4.69, 9.17) is 42.1 Å². The maximum atomic E-state index is 13.7. The zero-order valence-electron chi connectivity index (χ0n) is 27.6. The number of rotatable bonds is 12. The number of anilines is 1. The SMILES string of the molecule is COc1ccc(C(=O)N(C)CC(CCN2CCCN(c3nc4ccccc4n3Cc3ccco3)CC2)c2ccc(Cl)c(Cl)c2)c(OC)c1. The number of carbonyl (C=O) groups excluding carboxylic acids is 1. The Morgan fingerprint density at radius 1 is 0.958 bits per heavy atom. The minimum Gasteiger partial charge on any atom is -0.497 e. The monoisotopic (exact) mass is 689 g/mol. The van der Waals surface area contributed by atoms with E-state index < -0.39 is 0 Å². The van der Waals surface area contributed by atoms with Crippen molar-refractivity contribution in [2.45, 2.75) is 25.3 Å². The van der Waals surface area contributed by atoms with Crippen LogP contribution >= 0.6 is 23.2 Å².